The predicted molar refractivity (Wildman–Crippen MR) is 156 cm³/mol. The van der Waals surface area contributed by atoms with Gasteiger partial charge >= 0.3 is 0 Å². The molecule has 0 radical (unpaired) electrons. The van der Waals surface area contributed by atoms with E-state index in [4.69, 9.17) is 0 Å². The predicted octanol–water partition coefficient (Wildman–Crippen LogP) is 10.2. The molecule has 0 bridgehead atoms. The van der Waals surface area contributed by atoms with Crippen molar-refractivity contribution in [3.05, 3.63) is 129 Å². The Kier molecular flexibility index (Phi) is 6.71. The monoisotopic (exact) mass is 474 g/mol. The zero-order chi connectivity index (χ0) is 23.3. The fourth-order valence-corrected chi connectivity index (χ4v) is 5.93. The Morgan fingerprint density at radius 1 is 0.471 bits per heavy atom. The van der Waals surface area contributed by atoms with Crippen molar-refractivity contribution in [3.8, 4) is 0 Å². The summed E-state index contributed by atoms with van der Waals surface area (Å²) in [5.74, 6) is 0. The van der Waals surface area contributed by atoms with Gasteiger partial charge in [0.2, 0.25) is 0 Å². The van der Waals surface area contributed by atoms with Crippen molar-refractivity contribution in [2.45, 2.75) is 13.8 Å². The minimum atomic E-state index is 1.22. The Morgan fingerprint density at radius 3 is 1.26 bits per heavy atom. The molecule has 0 unspecified atom stereocenters. The third-order valence-corrected chi connectivity index (χ3v) is 7.78. The second kappa shape index (κ2) is 10.2. The maximum absolute atomic E-state index is 2.25. The van der Waals surface area contributed by atoms with Gasteiger partial charge in [0.05, 0.1) is 0 Å². The molecule has 3 aromatic carbocycles. The first kappa shape index (κ1) is 22.3. The lowest BCUT2D eigenvalue weighted by Crippen LogP contribution is -1.81. The summed E-state index contributed by atoms with van der Waals surface area (Å²) in [7, 11) is 0. The highest BCUT2D eigenvalue weighted by molar-refractivity contribution is 7.19. The molecule has 34 heavy (non-hydrogen) atoms. The molecule has 0 fully saturated rings. The number of allylic oxidation sites excluding steroid dienone is 4. The number of hydrogen-bond donors (Lipinski definition) is 0. The van der Waals surface area contributed by atoms with Crippen LogP contribution in [0.4, 0.5) is 0 Å². The molecule has 2 aromatic heterocycles. The van der Waals surface area contributed by atoms with E-state index in [9.17, 15) is 0 Å². The Morgan fingerprint density at radius 2 is 0.853 bits per heavy atom. The normalized spacial score (nSPS) is 12.5. The molecule has 0 amide bonds. The van der Waals surface area contributed by atoms with Crippen LogP contribution in [0.1, 0.15) is 33.4 Å². The molecule has 166 valence electrons. The standard InChI is InChI=1S/C32H26S2/c1-23-11-15-25(16-12-23)7-3-5-9-27-29-19-21-34-32(29)28(30-20-22-33-31(27)30)10-6-4-8-26-17-13-24(2)14-18-26/h3-22H,1-2H3. The van der Waals surface area contributed by atoms with Crippen LogP contribution in [0.2, 0.25) is 0 Å². The SMILES string of the molecule is Cc1ccc(C=CC=Cc2c3ccsc3c(C=CC=Cc3ccc(C)cc3)c3ccsc23)cc1. The van der Waals surface area contributed by atoms with Gasteiger partial charge in [-0.05, 0) is 47.9 Å². The zero-order valence-electron chi connectivity index (χ0n) is 19.4. The van der Waals surface area contributed by atoms with Gasteiger partial charge in [-0.3, -0.25) is 0 Å². The summed E-state index contributed by atoms with van der Waals surface area (Å²) in [6.07, 6.45) is 17.4. The Hall–Kier alpha value is -3.46. The van der Waals surface area contributed by atoms with E-state index in [2.05, 4.69) is 134 Å². The molecule has 0 saturated heterocycles. The lowest BCUT2D eigenvalue weighted by Gasteiger charge is -2.06. The van der Waals surface area contributed by atoms with Crippen molar-refractivity contribution >= 4 is 67.1 Å². The summed E-state index contributed by atoms with van der Waals surface area (Å²) in [6, 6.07) is 21.7. The van der Waals surface area contributed by atoms with Gasteiger partial charge in [0, 0.05) is 31.3 Å². The molecule has 0 aliphatic rings. The number of rotatable bonds is 6. The van der Waals surface area contributed by atoms with E-state index >= 15 is 0 Å². The molecule has 0 aliphatic carbocycles. The number of aryl methyl sites for hydroxylation is 2. The minimum absolute atomic E-state index is 1.22. The molecular weight excluding hydrogens is 448 g/mol. The van der Waals surface area contributed by atoms with E-state index < -0.39 is 0 Å². The van der Waals surface area contributed by atoms with Gasteiger partial charge in [0.25, 0.3) is 0 Å². The lowest BCUT2D eigenvalue weighted by atomic mass is 10.0. The first-order valence-electron chi connectivity index (χ1n) is 11.4. The van der Waals surface area contributed by atoms with Gasteiger partial charge in [-0.1, -0.05) is 108 Å². The van der Waals surface area contributed by atoms with Crippen molar-refractivity contribution in [2.24, 2.45) is 0 Å². The highest BCUT2D eigenvalue weighted by Crippen LogP contribution is 2.40. The maximum atomic E-state index is 2.25. The molecule has 2 heteroatoms. The quantitative estimate of drug-likeness (QED) is 0.215. The van der Waals surface area contributed by atoms with Gasteiger partial charge in [-0.2, -0.15) is 0 Å². The lowest BCUT2D eigenvalue weighted by molar-refractivity contribution is 1.46. The van der Waals surface area contributed by atoms with Crippen LogP contribution in [0.15, 0.2) is 95.7 Å². The second-order valence-corrected chi connectivity index (χ2v) is 10.2. The number of benzene rings is 3. The molecule has 0 atom stereocenters. The number of fused-ring (bicyclic) bond motifs is 2. The molecule has 2 heterocycles. The number of hydrogen-bond acceptors (Lipinski definition) is 2. The molecular formula is C32H26S2. The van der Waals surface area contributed by atoms with Crippen molar-refractivity contribution in [1.29, 1.82) is 0 Å². The van der Waals surface area contributed by atoms with Crippen LogP contribution in [0.3, 0.4) is 0 Å². The molecule has 0 nitrogen and oxygen atoms in total. The smallest absolute Gasteiger partial charge is 0.0428 e. The van der Waals surface area contributed by atoms with Crippen LogP contribution < -0.4 is 0 Å². The summed E-state index contributed by atoms with van der Waals surface area (Å²) >= 11 is 3.63. The molecule has 0 N–H and O–H groups in total. The van der Waals surface area contributed by atoms with E-state index in [-0.39, 0.29) is 0 Å². The highest BCUT2D eigenvalue weighted by Gasteiger charge is 2.12. The van der Waals surface area contributed by atoms with Gasteiger partial charge in [-0.15, -0.1) is 22.7 Å². The van der Waals surface area contributed by atoms with Crippen molar-refractivity contribution < 1.29 is 0 Å². The molecule has 0 aliphatic heterocycles. The van der Waals surface area contributed by atoms with Crippen LogP contribution in [-0.2, 0) is 0 Å². The van der Waals surface area contributed by atoms with E-state index in [1.807, 2.05) is 22.7 Å². The van der Waals surface area contributed by atoms with E-state index in [0.717, 1.165) is 0 Å². The second-order valence-electron chi connectivity index (χ2n) is 8.41. The molecule has 0 saturated carbocycles. The molecule has 0 spiro atoms. The van der Waals surface area contributed by atoms with Crippen molar-refractivity contribution in [1.82, 2.24) is 0 Å². The van der Waals surface area contributed by atoms with Gasteiger partial charge < -0.3 is 0 Å². The molecule has 5 aromatic rings. The molecule has 5 rings (SSSR count). The minimum Gasteiger partial charge on any atom is -0.143 e. The van der Waals surface area contributed by atoms with Crippen LogP contribution >= 0.6 is 22.7 Å². The van der Waals surface area contributed by atoms with Gasteiger partial charge in [0.1, 0.15) is 0 Å². The zero-order valence-corrected chi connectivity index (χ0v) is 21.0. The first-order chi connectivity index (χ1) is 16.7. The third-order valence-electron chi connectivity index (χ3n) is 5.88. The summed E-state index contributed by atoms with van der Waals surface area (Å²) in [5, 5.41) is 7.05. The fraction of sp³-hybridized carbons (Fsp3) is 0.0625. The van der Waals surface area contributed by atoms with Crippen molar-refractivity contribution in [2.75, 3.05) is 0 Å². The van der Waals surface area contributed by atoms with E-state index in [0.29, 0.717) is 0 Å². The average Bonchev–Trinajstić information content (AvgIpc) is 3.53. The van der Waals surface area contributed by atoms with Gasteiger partial charge in [-0.25, -0.2) is 0 Å². The Bertz CT molecular complexity index is 1370. The average molecular weight is 475 g/mol. The summed E-state index contributed by atoms with van der Waals surface area (Å²) in [4.78, 5) is 0. The highest BCUT2D eigenvalue weighted by atomic mass is 32.1. The Balaban J connectivity index is 1.45. The fourth-order valence-electron chi connectivity index (χ4n) is 4.03. The third kappa shape index (κ3) is 4.89. The van der Waals surface area contributed by atoms with Gasteiger partial charge in [0.15, 0.2) is 0 Å². The summed E-state index contributed by atoms with van der Waals surface area (Å²) in [5.41, 5.74) is 7.62. The Labute approximate surface area is 209 Å². The van der Waals surface area contributed by atoms with Crippen LogP contribution in [0.5, 0.6) is 0 Å². The summed E-state index contributed by atoms with van der Waals surface area (Å²) in [6.45, 7) is 4.23. The van der Waals surface area contributed by atoms with Crippen LogP contribution in [0, 0.1) is 13.8 Å². The first-order valence-corrected chi connectivity index (χ1v) is 13.2. The van der Waals surface area contributed by atoms with E-state index in [1.165, 1.54) is 53.6 Å². The number of thiophene rings is 2. The maximum Gasteiger partial charge on any atom is 0.0428 e. The topological polar surface area (TPSA) is 0 Å². The summed E-state index contributed by atoms with van der Waals surface area (Å²) < 4.78 is 2.68. The van der Waals surface area contributed by atoms with E-state index in [1.54, 1.807) is 0 Å². The largest absolute Gasteiger partial charge is 0.143 e. The van der Waals surface area contributed by atoms with Crippen LogP contribution in [-0.4, -0.2) is 0 Å². The van der Waals surface area contributed by atoms with Crippen LogP contribution in [0.25, 0.3) is 44.5 Å². The van der Waals surface area contributed by atoms with Crippen molar-refractivity contribution in [3.63, 3.8) is 0 Å².